The third-order valence-electron chi connectivity index (χ3n) is 4.34. The van der Waals surface area contributed by atoms with Crippen LogP contribution in [-0.4, -0.2) is 22.8 Å². The van der Waals surface area contributed by atoms with Crippen molar-refractivity contribution in [3.8, 4) is 11.5 Å². The Morgan fingerprint density at radius 3 is 2.73 bits per heavy atom. The molecule has 140 valence electrons. The SMILES string of the molecule is CCOC(=O)c1c(NCc2cc(Br)c(O)c(Br)c2O)sc2c1CCCC2. The summed E-state index contributed by atoms with van der Waals surface area (Å²) in [5.41, 5.74) is 2.32. The molecule has 8 heteroatoms. The van der Waals surface area contributed by atoms with Crippen LogP contribution < -0.4 is 5.32 Å². The molecule has 3 N–H and O–H groups in total. The summed E-state index contributed by atoms with van der Waals surface area (Å²) in [7, 11) is 0. The van der Waals surface area contributed by atoms with E-state index in [1.165, 1.54) is 4.88 Å². The van der Waals surface area contributed by atoms with E-state index in [1.54, 1.807) is 24.3 Å². The largest absolute Gasteiger partial charge is 0.506 e. The Labute approximate surface area is 172 Å². The lowest BCUT2D eigenvalue weighted by atomic mass is 9.95. The number of benzene rings is 1. The highest BCUT2D eigenvalue weighted by Gasteiger charge is 2.26. The smallest absolute Gasteiger partial charge is 0.341 e. The second-order valence-electron chi connectivity index (χ2n) is 6.02. The van der Waals surface area contributed by atoms with E-state index in [1.807, 2.05) is 0 Å². The Kier molecular flexibility index (Phi) is 6.14. The molecule has 0 radical (unpaired) electrons. The van der Waals surface area contributed by atoms with Crippen LogP contribution in [-0.2, 0) is 24.1 Å². The van der Waals surface area contributed by atoms with Gasteiger partial charge >= 0.3 is 5.97 Å². The van der Waals surface area contributed by atoms with Crippen molar-refractivity contribution in [2.24, 2.45) is 0 Å². The van der Waals surface area contributed by atoms with Crippen molar-refractivity contribution in [3.63, 3.8) is 0 Å². The molecule has 5 nitrogen and oxygen atoms in total. The highest BCUT2D eigenvalue weighted by molar-refractivity contribution is 9.11. The van der Waals surface area contributed by atoms with Gasteiger partial charge in [0, 0.05) is 17.0 Å². The van der Waals surface area contributed by atoms with E-state index in [0.717, 1.165) is 36.2 Å². The predicted molar refractivity (Wildman–Crippen MR) is 109 cm³/mol. The van der Waals surface area contributed by atoms with Gasteiger partial charge in [-0.3, -0.25) is 0 Å². The van der Waals surface area contributed by atoms with Crippen molar-refractivity contribution in [1.29, 1.82) is 0 Å². The number of rotatable bonds is 5. The number of phenolic OH excluding ortho intramolecular Hbond substituents is 2. The van der Waals surface area contributed by atoms with Gasteiger partial charge in [0.2, 0.25) is 0 Å². The number of hydrogen-bond donors (Lipinski definition) is 3. The number of carbonyl (C=O) groups excluding carboxylic acids is 1. The van der Waals surface area contributed by atoms with Crippen LogP contribution >= 0.6 is 43.2 Å². The van der Waals surface area contributed by atoms with Crippen molar-refractivity contribution < 1.29 is 19.7 Å². The molecular weight excluding hydrogens is 486 g/mol. The Morgan fingerprint density at radius 1 is 1.27 bits per heavy atom. The predicted octanol–water partition coefficient (Wildman–Crippen LogP) is 5.35. The maximum absolute atomic E-state index is 12.5. The van der Waals surface area contributed by atoms with Crippen molar-refractivity contribution in [3.05, 3.63) is 36.6 Å². The molecule has 0 saturated heterocycles. The minimum atomic E-state index is -0.299. The number of esters is 1. The van der Waals surface area contributed by atoms with Gasteiger partial charge in [-0.25, -0.2) is 4.79 Å². The molecule has 1 heterocycles. The number of aryl methyl sites for hydroxylation is 1. The van der Waals surface area contributed by atoms with Crippen LogP contribution in [0.5, 0.6) is 11.5 Å². The molecule has 0 spiro atoms. The zero-order valence-corrected chi connectivity index (χ0v) is 18.2. The van der Waals surface area contributed by atoms with E-state index in [4.69, 9.17) is 4.74 Å². The summed E-state index contributed by atoms with van der Waals surface area (Å²) in [5, 5.41) is 24.1. The van der Waals surface area contributed by atoms with Crippen LogP contribution in [0.3, 0.4) is 0 Å². The fourth-order valence-corrected chi connectivity index (χ4v) is 5.55. The third-order valence-corrected chi connectivity index (χ3v) is 6.94. The maximum Gasteiger partial charge on any atom is 0.341 e. The number of carbonyl (C=O) groups is 1. The number of anilines is 1. The summed E-state index contributed by atoms with van der Waals surface area (Å²) >= 11 is 8.04. The van der Waals surface area contributed by atoms with Crippen LogP contribution in [0.4, 0.5) is 5.00 Å². The summed E-state index contributed by atoms with van der Waals surface area (Å²) in [4.78, 5) is 13.7. The fraction of sp³-hybridized carbons (Fsp3) is 0.389. The maximum atomic E-state index is 12.5. The molecule has 0 amide bonds. The van der Waals surface area contributed by atoms with Crippen LogP contribution in [0.25, 0.3) is 0 Å². The van der Waals surface area contributed by atoms with Crippen LogP contribution in [0.1, 0.15) is 46.1 Å². The second-order valence-corrected chi connectivity index (χ2v) is 8.77. The number of halogens is 2. The van der Waals surface area contributed by atoms with Crippen molar-refractivity contribution in [1.82, 2.24) is 0 Å². The van der Waals surface area contributed by atoms with E-state index in [0.29, 0.717) is 28.8 Å². The molecule has 2 aromatic rings. The Hall–Kier alpha value is -1.25. The zero-order valence-electron chi connectivity index (χ0n) is 14.2. The van der Waals surface area contributed by atoms with Crippen molar-refractivity contribution >= 4 is 54.2 Å². The summed E-state index contributed by atoms with van der Waals surface area (Å²) in [6, 6.07) is 1.65. The molecule has 1 aliphatic carbocycles. The molecule has 26 heavy (non-hydrogen) atoms. The lowest BCUT2D eigenvalue weighted by Crippen LogP contribution is -2.11. The van der Waals surface area contributed by atoms with E-state index < -0.39 is 0 Å². The number of hydrogen-bond acceptors (Lipinski definition) is 6. The lowest BCUT2D eigenvalue weighted by molar-refractivity contribution is 0.0526. The molecule has 0 unspecified atom stereocenters. The first-order valence-corrected chi connectivity index (χ1v) is 10.8. The standard InChI is InChI=1S/C18H19Br2NO4S/c1-2-25-18(24)13-10-5-3-4-6-12(10)26-17(13)21-8-9-7-11(19)16(23)14(20)15(9)22/h7,21-23H,2-6,8H2,1H3. The van der Waals surface area contributed by atoms with Gasteiger partial charge in [-0.1, -0.05) is 0 Å². The molecular formula is C18H19Br2NO4S. The van der Waals surface area contributed by atoms with Gasteiger partial charge in [-0.2, -0.15) is 0 Å². The Balaban J connectivity index is 1.91. The molecule has 1 aromatic heterocycles. The Bertz CT molecular complexity index is 850. The van der Waals surface area contributed by atoms with E-state index >= 15 is 0 Å². The second kappa shape index (κ2) is 8.19. The van der Waals surface area contributed by atoms with E-state index in [2.05, 4.69) is 37.2 Å². The topological polar surface area (TPSA) is 78.8 Å². The van der Waals surface area contributed by atoms with Crippen LogP contribution in [0.2, 0.25) is 0 Å². The first-order valence-electron chi connectivity index (χ1n) is 8.38. The minimum Gasteiger partial charge on any atom is -0.506 e. The van der Waals surface area contributed by atoms with Gasteiger partial charge < -0.3 is 20.3 Å². The van der Waals surface area contributed by atoms with Crippen molar-refractivity contribution in [2.45, 2.75) is 39.2 Å². The molecule has 0 atom stereocenters. The molecule has 0 saturated carbocycles. The third kappa shape index (κ3) is 3.73. The summed E-state index contributed by atoms with van der Waals surface area (Å²) in [5.74, 6) is -0.381. The molecule has 3 rings (SSSR count). The normalized spacial score (nSPS) is 13.3. The average molecular weight is 505 g/mol. The molecule has 0 fully saturated rings. The number of phenols is 2. The van der Waals surface area contributed by atoms with Gasteiger partial charge in [0.1, 0.15) is 21.0 Å². The fourth-order valence-electron chi connectivity index (χ4n) is 3.07. The number of nitrogens with one attached hydrogen (secondary N) is 1. The molecule has 0 bridgehead atoms. The minimum absolute atomic E-state index is 0.0304. The van der Waals surface area contributed by atoms with Gasteiger partial charge in [-0.05, 0) is 76.1 Å². The first-order chi connectivity index (χ1) is 12.4. The van der Waals surface area contributed by atoms with Gasteiger partial charge in [-0.15, -0.1) is 11.3 Å². The highest BCUT2D eigenvalue weighted by Crippen LogP contribution is 2.43. The molecule has 0 aliphatic heterocycles. The van der Waals surface area contributed by atoms with E-state index in [9.17, 15) is 15.0 Å². The molecule has 1 aromatic carbocycles. The summed E-state index contributed by atoms with van der Waals surface area (Å²) in [6.07, 6.45) is 4.08. The van der Waals surface area contributed by atoms with Gasteiger partial charge in [0.15, 0.2) is 0 Å². The van der Waals surface area contributed by atoms with E-state index in [-0.39, 0.29) is 21.9 Å². The molecule has 1 aliphatic rings. The van der Waals surface area contributed by atoms with Gasteiger partial charge in [0.05, 0.1) is 16.6 Å². The number of thiophene rings is 1. The number of ether oxygens (including phenoxy) is 1. The van der Waals surface area contributed by atoms with Crippen LogP contribution in [0, 0.1) is 0 Å². The van der Waals surface area contributed by atoms with Gasteiger partial charge in [0.25, 0.3) is 0 Å². The Morgan fingerprint density at radius 2 is 2.00 bits per heavy atom. The zero-order chi connectivity index (χ0) is 18.8. The summed E-state index contributed by atoms with van der Waals surface area (Å²) in [6.45, 7) is 2.45. The monoisotopic (exact) mass is 503 g/mol. The summed E-state index contributed by atoms with van der Waals surface area (Å²) < 4.78 is 5.97. The van der Waals surface area contributed by atoms with Crippen LogP contribution in [0.15, 0.2) is 15.0 Å². The first kappa shape index (κ1) is 19.5. The number of aromatic hydroxyl groups is 2. The highest BCUT2D eigenvalue weighted by atomic mass is 79.9. The quantitative estimate of drug-likeness (QED) is 0.478. The van der Waals surface area contributed by atoms with Crippen molar-refractivity contribution in [2.75, 3.05) is 11.9 Å². The number of fused-ring (bicyclic) bond motifs is 1. The lowest BCUT2D eigenvalue weighted by Gasteiger charge is -2.13. The average Bonchev–Trinajstić information content (AvgIpc) is 3.00.